The van der Waals surface area contributed by atoms with Gasteiger partial charge in [0.25, 0.3) is 0 Å². The highest BCUT2D eigenvalue weighted by molar-refractivity contribution is 5.74. The summed E-state index contributed by atoms with van der Waals surface area (Å²) in [5, 5.41) is 0. The third-order valence-electron chi connectivity index (χ3n) is 3.59. The Morgan fingerprint density at radius 3 is 2.71 bits per heavy atom. The smallest absolute Gasteiger partial charge is 0.169 e. The molecule has 0 fully saturated rings. The summed E-state index contributed by atoms with van der Waals surface area (Å²) in [5.41, 5.74) is 4.89. The fourth-order valence-electron chi connectivity index (χ4n) is 2.56. The van der Waals surface area contributed by atoms with Crippen molar-refractivity contribution in [3.8, 4) is 5.75 Å². The molecule has 0 amide bonds. The first-order valence-electron chi connectivity index (χ1n) is 7.17. The van der Waals surface area contributed by atoms with Crippen LogP contribution in [0.4, 0.5) is 0 Å². The summed E-state index contributed by atoms with van der Waals surface area (Å²) in [4.78, 5) is 10.4. The maximum atomic E-state index is 5.29. The number of allylic oxidation sites excluding steroid dienone is 1. The number of benzene rings is 2. The second-order valence-electron chi connectivity index (χ2n) is 5.01. The van der Waals surface area contributed by atoms with Crippen LogP contribution in [0.2, 0.25) is 0 Å². The average Bonchev–Trinajstić information content (AvgIpc) is 2.55. The Balaban J connectivity index is 2.02. The molecule has 1 aliphatic rings. The predicted molar refractivity (Wildman–Crippen MR) is 86.0 cm³/mol. The van der Waals surface area contributed by atoms with Crippen molar-refractivity contribution in [1.29, 1.82) is 0 Å². The Bertz CT molecular complexity index is 657. The van der Waals surface area contributed by atoms with E-state index in [0.717, 1.165) is 18.6 Å². The zero-order chi connectivity index (χ0) is 14.5. The molecule has 2 aromatic rings. The Kier molecular flexibility index (Phi) is 4.17. The van der Waals surface area contributed by atoms with Crippen LogP contribution < -0.4 is 4.89 Å². The lowest BCUT2D eigenvalue weighted by Crippen LogP contribution is -2.13. The highest BCUT2D eigenvalue weighted by atomic mass is 17.2. The number of fused-ring (bicyclic) bond motifs is 1. The largest absolute Gasteiger partial charge is 0.337 e. The van der Waals surface area contributed by atoms with Crippen LogP contribution in [0, 0.1) is 0 Å². The van der Waals surface area contributed by atoms with E-state index in [-0.39, 0.29) is 0 Å². The van der Waals surface area contributed by atoms with Crippen LogP contribution in [0.3, 0.4) is 0 Å². The van der Waals surface area contributed by atoms with E-state index < -0.39 is 0 Å². The summed E-state index contributed by atoms with van der Waals surface area (Å²) in [7, 11) is 0. The Labute approximate surface area is 125 Å². The first-order chi connectivity index (χ1) is 10.4. The van der Waals surface area contributed by atoms with Gasteiger partial charge in [-0.25, -0.2) is 0 Å². The van der Waals surface area contributed by atoms with Crippen LogP contribution in [0.1, 0.15) is 22.3 Å². The maximum Gasteiger partial charge on any atom is 0.169 e. The minimum Gasteiger partial charge on any atom is -0.337 e. The molecule has 106 valence electrons. The Hall–Kier alpha value is -2.32. The second kappa shape index (κ2) is 6.42. The standard InChI is InChI=1S/C19H18O2/c1-2-6-16-10-12-19-18(13-14-20-21-19)17(16)11-9-15-7-4-3-5-8-15/h2-5,7-12H,1,6,13-14H2. The minimum absolute atomic E-state index is 0.594. The van der Waals surface area contributed by atoms with Gasteiger partial charge in [-0.3, -0.25) is 0 Å². The van der Waals surface area contributed by atoms with Crippen LogP contribution in [0.25, 0.3) is 12.2 Å². The highest BCUT2D eigenvalue weighted by Gasteiger charge is 2.16. The SMILES string of the molecule is C=CCc1ccc2c(c1C=Cc1ccccc1)CCOO2. The molecule has 0 aromatic heterocycles. The van der Waals surface area contributed by atoms with Gasteiger partial charge in [0.05, 0.1) is 6.61 Å². The van der Waals surface area contributed by atoms with E-state index in [2.05, 4.69) is 36.9 Å². The quantitative estimate of drug-likeness (QED) is 0.467. The highest BCUT2D eigenvalue weighted by Crippen LogP contribution is 2.31. The number of rotatable bonds is 4. The normalized spacial score (nSPS) is 13.7. The molecule has 21 heavy (non-hydrogen) atoms. The number of hydrogen-bond donors (Lipinski definition) is 0. The van der Waals surface area contributed by atoms with Gasteiger partial charge in [0, 0.05) is 12.0 Å². The van der Waals surface area contributed by atoms with Gasteiger partial charge < -0.3 is 4.89 Å². The topological polar surface area (TPSA) is 18.5 Å². The summed E-state index contributed by atoms with van der Waals surface area (Å²) in [6.45, 7) is 4.44. The van der Waals surface area contributed by atoms with Crippen molar-refractivity contribution in [3.63, 3.8) is 0 Å². The summed E-state index contributed by atoms with van der Waals surface area (Å²) < 4.78 is 0. The molecule has 1 heterocycles. The van der Waals surface area contributed by atoms with Gasteiger partial charge in [0.2, 0.25) is 0 Å². The van der Waals surface area contributed by atoms with Gasteiger partial charge in [-0.15, -0.1) is 6.58 Å². The molecule has 2 aromatic carbocycles. The average molecular weight is 278 g/mol. The molecule has 0 saturated heterocycles. The van der Waals surface area contributed by atoms with Crippen molar-refractivity contribution in [3.05, 3.63) is 77.4 Å². The fraction of sp³-hybridized carbons (Fsp3) is 0.158. The monoisotopic (exact) mass is 278 g/mol. The zero-order valence-electron chi connectivity index (χ0n) is 11.9. The Morgan fingerprint density at radius 2 is 1.90 bits per heavy atom. The van der Waals surface area contributed by atoms with E-state index in [9.17, 15) is 0 Å². The zero-order valence-corrected chi connectivity index (χ0v) is 11.9. The van der Waals surface area contributed by atoms with Crippen molar-refractivity contribution in [2.75, 3.05) is 6.61 Å². The molecule has 0 saturated carbocycles. The van der Waals surface area contributed by atoms with E-state index in [1.165, 1.54) is 22.3 Å². The lowest BCUT2D eigenvalue weighted by molar-refractivity contribution is -0.215. The van der Waals surface area contributed by atoms with E-state index in [0.29, 0.717) is 6.61 Å². The third-order valence-corrected chi connectivity index (χ3v) is 3.59. The van der Waals surface area contributed by atoms with E-state index in [4.69, 9.17) is 9.78 Å². The summed E-state index contributed by atoms with van der Waals surface area (Å²) >= 11 is 0. The molecule has 0 radical (unpaired) electrons. The summed E-state index contributed by atoms with van der Waals surface area (Å²) in [5.74, 6) is 0.821. The fourth-order valence-corrected chi connectivity index (χ4v) is 2.56. The first kappa shape index (κ1) is 13.7. The maximum absolute atomic E-state index is 5.29. The van der Waals surface area contributed by atoms with Crippen molar-refractivity contribution < 1.29 is 9.78 Å². The lowest BCUT2D eigenvalue weighted by Gasteiger charge is -2.19. The van der Waals surface area contributed by atoms with Gasteiger partial charge in [-0.2, -0.15) is 4.89 Å². The van der Waals surface area contributed by atoms with Gasteiger partial charge in [0.1, 0.15) is 0 Å². The van der Waals surface area contributed by atoms with Crippen molar-refractivity contribution in [1.82, 2.24) is 0 Å². The molecule has 2 nitrogen and oxygen atoms in total. The van der Waals surface area contributed by atoms with Crippen molar-refractivity contribution in [2.24, 2.45) is 0 Å². The first-order valence-corrected chi connectivity index (χ1v) is 7.17. The molecule has 0 unspecified atom stereocenters. The lowest BCUT2D eigenvalue weighted by atomic mass is 9.94. The van der Waals surface area contributed by atoms with Crippen LogP contribution >= 0.6 is 0 Å². The van der Waals surface area contributed by atoms with E-state index in [1.54, 1.807) is 0 Å². The van der Waals surface area contributed by atoms with Gasteiger partial charge in [0.15, 0.2) is 5.75 Å². The summed E-state index contributed by atoms with van der Waals surface area (Å²) in [6.07, 6.45) is 7.96. The van der Waals surface area contributed by atoms with Gasteiger partial charge >= 0.3 is 0 Å². The van der Waals surface area contributed by atoms with Gasteiger partial charge in [-0.1, -0.05) is 54.6 Å². The van der Waals surface area contributed by atoms with Gasteiger partial charge in [-0.05, 0) is 29.2 Å². The predicted octanol–water partition coefficient (Wildman–Crippen LogP) is 4.45. The van der Waals surface area contributed by atoms with E-state index >= 15 is 0 Å². The van der Waals surface area contributed by atoms with Crippen LogP contribution in [-0.2, 0) is 17.7 Å². The van der Waals surface area contributed by atoms with Crippen molar-refractivity contribution in [2.45, 2.75) is 12.8 Å². The van der Waals surface area contributed by atoms with Crippen LogP contribution in [0.5, 0.6) is 5.75 Å². The molecule has 0 spiro atoms. The molecule has 2 heteroatoms. The molecule has 0 atom stereocenters. The minimum atomic E-state index is 0.594. The van der Waals surface area contributed by atoms with Crippen molar-refractivity contribution >= 4 is 12.2 Å². The summed E-state index contributed by atoms with van der Waals surface area (Å²) in [6, 6.07) is 14.4. The molecule has 0 bridgehead atoms. The Morgan fingerprint density at radius 1 is 1.05 bits per heavy atom. The molecule has 1 aliphatic heterocycles. The molecular formula is C19H18O2. The second-order valence-corrected chi connectivity index (χ2v) is 5.01. The molecule has 0 aliphatic carbocycles. The van der Waals surface area contributed by atoms with E-state index in [1.807, 2.05) is 30.3 Å². The van der Waals surface area contributed by atoms with Crippen LogP contribution in [0.15, 0.2) is 55.1 Å². The molecular weight excluding hydrogens is 260 g/mol. The number of hydrogen-bond acceptors (Lipinski definition) is 2. The van der Waals surface area contributed by atoms with Crippen LogP contribution in [-0.4, -0.2) is 6.61 Å². The third kappa shape index (κ3) is 3.06. The molecule has 0 N–H and O–H groups in total. The molecule has 3 rings (SSSR count).